The van der Waals surface area contributed by atoms with Crippen molar-refractivity contribution in [2.24, 2.45) is 0 Å². The van der Waals surface area contributed by atoms with Gasteiger partial charge in [-0.05, 0) is 0 Å². The molecule has 0 radical (unpaired) electrons. The Morgan fingerprint density at radius 1 is 0.800 bits per heavy atom. The first kappa shape index (κ1) is 16.5. The van der Waals surface area contributed by atoms with Gasteiger partial charge in [-0.25, -0.2) is 0 Å². The van der Waals surface area contributed by atoms with Gasteiger partial charge in [-0.15, -0.1) is 0 Å². The molecule has 0 atom stereocenters. The van der Waals surface area contributed by atoms with Gasteiger partial charge < -0.3 is 39.7 Å². The van der Waals surface area contributed by atoms with Crippen molar-refractivity contribution in [3.05, 3.63) is 0 Å². The maximum Gasteiger partial charge on any atom is 0.668 e. The van der Waals surface area contributed by atoms with Crippen LogP contribution in [0.3, 0.4) is 0 Å². The van der Waals surface area contributed by atoms with Crippen molar-refractivity contribution in [1.29, 1.82) is 0 Å². The number of rotatable bonds is 0. The molecule has 0 aliphatic carbocycles. The molecule has 0 aliphatic heterocycles. The summed E-state index contributed by atoms with van der Waals surface area (Å²) in [7, 11) is -6.78. The molecule has 0 saturated carbocycles. The predicted octanol–water partition coefficient (Wildman–Crippen LogP) is -5.49. The Balaban J connectivity index is -0.0000000910. The van der Waals surface area contributed by atoms with Gasteiger partial charge in [0, 0.05) is 0 Å². The van der Waals surface area contributed by atoms with Crippen LogP contribution in [-0.2, 0) is 0 Å². The first-order chi connectivity index (χ1) is 3.73. The fourth-order valence-electron chi connectivity index (χ4n) is 0. The molecule has 0 bridgehead atoms. The molecule has 0 aromatic heterocycles. The topological polar surface area (TPSA) is 173 Å². The lowest BCUT2D eigenvalue weighted by Crippen LogP contribution is -2.33. The van der Waals surface area contributed by atoms with Gasteiger partial charge in [-0.3, -0.25) is 0 Å². The molecule has 0 aromatic rings. The molecule has 64 valence electrons. The Kier molecular flexibility index (Phi) is 11.7. The van der Waals surface area contributed by atoms with E-state index in [1.165, 1.54) is 0 Å². The highest BCUT2D eigenvalue weighted by Crippen LogP contribution is 1.67. The Bertz CT molecular complexity index is 46.0. The van der Waals surface area contributed by atoms with Crippen LogP contribution in [0.5, 0.6) is 0 Å². The molecule has 0 fully saturated rings. The Labute approximate surface area is 57.2 Å². The molecule has 10 heteroatoms. The molecule has 8 nitrogen and oxygen atoms in total. The maximum atomic E-state index is 7.33. The van der Waals surface area contributed by atoms with Gasteiger partial charge in [0.2, 0.25) is 0 Å². The van der Waals surface area contributed by atoms with Crippen LogP contribution in [0.15, 0.2) is 0 Å². The van der Waals surface area contributed by atoms with E-state index in [1.54, 1.807) is 0 Å². The summed E-state index contributed by atoms with van der Waals surface area (Å²) in [6, 6.07) is 0. The highest BCUT2D eigenvalue weighted by Gasteiger charge is 2.22. The second-order valence-corrected chi connectivity index (χ2v) is 2.15. The zero-order valence-corrected chi connectivity index (χ0v) is 5.71. The monoisotopic (exact) mass is 176 g/mol. The third-order valence-corrected chi connectivity index (χ3v) is 0. The van der Waals surface area contributed by atoms with Gasteiger partial charge in [-0.2, -0.15) is 0 Å². The van der Waals surface area contributed by atoms with E-state index in [9.17, 15) is 0 Å². The third-order valence-electron chi connectivity index (χ3n) is 0. The van der Waals surface area contributed by atoms with Crippen LogP contribution < -0.4 is 0 Å². The molecular weight excluding hydrogens is 167 g/mol. The SMILES string of the molecule is O.OB(O)O.O[Si](O)(O)O. The number of hydrogen-bond acceptors (Lipinski definition) is 7. The summed E-state index contributed by atoms with van der Waals surface area (Å²) in [5, 5.41) is 21.5. The Morgan fingerprint density at radius 2 is 0.800 bits per heavy atom. The van der Waals surface area contributed by atoms with E-state index >= 15 is 0 Å². The molecule has 0 heterocycles. The summed E-state index contributed by atoms with van der Waals surface area (Å²) >= 11 is 0. The summed E-state index contributed by atoms with van der Waals surface area (Å²) in [6.45, 7) is 0. The highest BCUT2D eigenvalue weighted by molar-refractivity contribution is 6.46. The average molecular weight is 176 g/mol. The van der Waals surface area contributed by atoms with Crippen LogP contribution in [-0.4, -0.2) is 56.1 Å². The third kappa shape index (κ3) is 265000. The normalized spacial score (nSPS) is 8.70. The Morgan fingerprint density at radius 3 is 0.800 bits per heavy atom. The molecule has 10 heavy (non-hydrogen) atoms. The molecular formula is H9BO8Si. The zero-order valence-electron chi connectivity index (χ0n) is 4.71. The first-order valence-electron chi connectivity index (χ1n) is 1.67. The molecule has 0 spiro atoms. The smallest absolute Gasteiger partial charge is 0.412 e. The first-order valence-corrected chi connectivity index (χ1v) is 3.46. The lowest BCUT2D eigenvalue weighted by molar-refractivity contribution is 0.117. The number of hydrogen-bond donors (Lipinski definition) is 7. The largest absolute Gasteiger partial charge is 0.668 e. The van der Waals surface area contributed by atoms with Gasteiger partial charge in [0.1, 0.15) is 0 Å². The van der Waals surface area contributed by atoms with Crippen LogP contribution in [0, 0.1) is 0 Å². The van der Waals surface area contributed by atoms with Crippen LogP contribution in [0.25, 0.3) is 0 Å². The zero-order chi connectivity index (χ0) is 8.08. The van der Waals surface area contributed by atoms with Crippen molar-refractivity contribution in [1.82, 2.24) is 0 Å². The Hall–Kier alpha value is -0.0382. The second-order valence-electron chi connectivity index (χ2n) is 0.946. The van der Waals surface area contributed by atoms with Gasteiger partial charge in [0.05, 0.1) is 0 Å². The van der Waals surface area contributed by atoms with E-state index in [-0.39, 0.29) is 5.48 Å². The summed E-state index contributed by atoms with van der Waals surface area (Å²) in [6.07, 6.45) is 0. The maximum absolute atomic E-state index is 7.33. The van der Waals surface area contributed by atoms with Crippen molar-refractivity contribution in [3.63, 3.8) is 0 Å². The van der Waals surface area contributed by atoms with Crippen molar-refractivity contribution in [2.45, 2.75) is 0 Å². The predicted molar refractivity (Wildman–Crippen MR) is 30.7 cm³/mol. The summed E-state index contributed by atoms with van der Waals surface area (Å²) in [5.74, 6) is 0. The van der Waals surface area contributed by atoms with Crippen LogP contribution in [0.4, 0.5) is 0 Å². The van der Waals surface area contributed by atoms with E-state index in [0.717, 1.165) is 0 Å². The minimum absolute atomic E-state index is 0. The van der Waals surface area contributed by atoms with E-state index < -0.39 is 16.4 Å². The molecule has 0 amide bonds. The standard InChI is InChI=1S/BH3O3.H4O4Si.H2O/c2-1(3)4;1-5(2,3)4;/h2-4H;1-4H;1H2. The molecule has 0 saturated heterocycles. The van der Waals surface area contributed by atoms with Crippen molar-refractivity contribution >= 4 is 16.4 Å². The summed E-state index contributed by atoms with van der Waals surface area (Å²) < 4.78 is 0. The molecule has 0 unspecified atom stereocenters. The van der Waals surface area contributed by atoms with Gasteiger partial charge >= 0.3 is 16.4 Å². The van der Waals surface area contributed by atoms with Gasteiger partial charge in [0.25, 0.3) is 0 Å². The van der Waals surface area contributed by atoms with E-state index in [4.69, 9.17) is 34.3 Å². The lowest BCUT2D eigenvalue weighted by Gasteiger charge is -1.91. The van der Waals surface area contributed by atoms with Crippen molar-refractivity contribution in [3.8, 4) is 0 Å². The molecule has 9 N–H and O–H groups in total. The molecule has 0 aromatic carbocycles. The van der Waals surface area contributed by atoms with E-state index in [2.05, 4.69) is 0 Å². The van der Waals surface area contributed by atoms with E-state index in [0.29, 0.717) is 0 Å². The second kappa shape index (κ2) is 7.07. The van der Waals surface area contributed by atoms with Gasteiger partial charge in [0.15, 0.2) is 0 Å². The summed E-state index contributed by atoms with van der Waals surface area (Å²) in [4.78, 5) is 29.3. The van der Waals surface area contributed by atoms with Crippen molar-refractivity contribution in [2.75, 3.05) is 0 Å². The quantitative estimate of drug-likeness (QED) is 0.180. The fourth-order valence-corrected chi connectivity index (χ4v) is 0. The van der Waals surface area contributed by atoms with Crippen LogP contribution >= 0.6 is 0 Å². The van der Waals surface area contributed by atoms with E-state index in [1.807, 2.05) is 0 Å². The van der Waals surface area contributed by atoms with Crippen LogP contribution in [0.2, 0.25) is 0 Å². The summed E-state index contributed by atoms with van der Waals surface area (Å²) in [5.41, 5.74) is 0. The average Bonchev–Trinajstić information content (AvgIpc) is 1.19. The molecule has 0 aliphatic rings. The van der Waals surface area contributed by atoms with Crippen LogP contribution in [0.1, 0.15) is 0 Å². The van der Waals surface area contributed by atoms with Gasteiger partial charge in [-0.1, -0.05) is 0 Å². The minimum atomic E-state index is -4.61. The lowest BCUT2D eigenvalue weighted by atomic mass is 10.3. The van der Waals surface area contributed by atoms with Crippen molar-refractivity contribution < 1.29 is 39.7 Å². The highest BCUT2D eigenvalue weighted by atomic mass is 28.4. The minimum Gasteiger partial charge on any atom is -0.412 e. The fraction of sp³-hybridized carbons (Fsp3) is 0. The molecule has 0 rings (SSSR count).